The maximum Gasteiger partial charge on any atom is 0.257 e. The number of thiophene rings is 1. The van der Waals surface area contributed by atoms with Gasteiger partial charge in [-0.25, -0.2) is 6.57 Å². The summed E-state index contributed by atoms with van der Waals surface area (Å²) in [6.45, 7) is 13.6. The topological polar surface area (TPSA) is 17.5 Å². The second-order valence-corrected chi connectivity index (χ2v) is 9.37. The largest absolute Gasteiger partial charge is 0.448 e. The number of pyridine rings is 1. The van der Waals surface area contributed by atoms with Crippen molar-refractivity contribution in [2.24, 2.45) is 7.05 Å². The molecule has 4 heteroatoms. The standard InChI is InChI=1S/C24H21N2OS/c1-14-9-10-15-7-6-8-18-20(15)19(14)21-22(27-18)23-16(13-26(21)5)11-17(28-23)12-24(2,3)25-4/h6-11,13H,12H2,1-3,5H3/q+1. The van der Waals surface area contributed by atoms with Crippen LogP contribution in [0.1, 0.15) is 24.3 Å². The molecule has 2 aromatic heterocycles. The van der Waals surface area contributed by atoms with Crippen molar-refractivity contribution in [1.82, 2.24) is 0 Å². The summed E-state index contributed by atoms with van der Waals surface area (Å²) < 4.78 is 9.85. The lowest BCUT2D eigenvalue weighted by atomic mass is 9.93. The monoisotopic (exact) mass is 385 g/mol. The average Bonchev–Trinajstić information content (AvgIpc) is 3.05. The molecule has 0 unspecified atom stereocenters. The Kier molecular flexibility index (Phi) is 3.56. The number of fused-ring (bicyclic) bond motifs is 4. The van der Waals surface area contributed by atoms with Gasteiger partial charge in [-0.05, 0) is 30.0 Å². The Hall–Kier alpha value is -2.90. The molecular weight excluding hydrogens is 364 g/mol. The fourth-order valence-electron chi connectivity index (χ4n) is 4.16. The molecule has 138 valence electrons. The van der Waals surface area contributed by atoms with E-state index in [0.29, 0.717) is 0 Å². The minimum Gasteiger partial charge on any atom is -0.448 e. The number of aromatic nitrogens is 1. The van der Waals surface area contributed by atoms with Crippen molar-refractivity contribution in [2.75, 3.05) is 0 Å². The smallest absolute Gasteiger partial charge is 0.257 e. The van der Waals surface area contributed by atoms with Crippen LogP contribution >= 0.6 is 11.3 Å². The Morgan fingerprint density at radius 1 is 1.18 bits per heavy atom. The SMILES string of the molecule is [C-]#[N+]C(C)(C)Cc1cc2c[n+](C)c3c(c2s1)Oc1cccc2ccc(C)c-3c12. The van der Waals surface area contributed by atoms with Crippen LogP contribution in [0.25, 0.3) is 37.0 Å². The molecule has 5 rings (SSSR count). The fraction of sp³-hybridized carbons (Fsp3) is 0.250. The minimum absolute atomic E-state index is 0.390. The number of aryl methyl sites for hydroxylation is 2. The van der Waals surface area contributed by atoms with Gasteiger partial charge in [0.2, 0.25) is 11.3 Å². The molecule has 0 bridgehead atoms. The molecule has 0 atom stereocenters. The summed E-state index contributed by atoms with van der Waals surface area (Å²) in [4.78, 5) is 5.00. The van der Waals surface area contributed by atoms with Crippen LogP contribution in [0.4, 0.5) is 0 Å². The Labute approximate surface area is 168 Å². The first kappa shape index (κ1) is 17.2. The van der Waals surface area contributed by atoms with E-state index in [1.165, 1.54) is 32.2 Å². The van der Waals surface area contributed by atoms with Crippen LogP contribution in [-0.2, 0) is 13.5 Å². The maximum atomic E-state index is 7.44. The maximum absolute atomic E-state index is 7.44. The molecule has 4 aromatic rings. The molecule has 0 aliphatic carbocycles. The van der Waals surface area contributed by atoms with E-state index in [2.05, 4.69) is 66.0 Å². The van der Waals surface area contributed by atoms with Gasteiger partial charge >= 0.3 is 0 Å². The molecule has 3 nitrogen and oxygen atoms in total. The van der Waals surface area contributed by atoms with Crippen molar-refractivity contribution < 1.29 is 9.30 Å². The second kappa shape index (κ2) is 5.80. The molecule has 0 saturated heterocycles. The number of ether oxygens (including phenoxy) is 1. The van der Waals surface area contributed by atoms with Crippen molar-refractivity contribution in [3.63, 3.8) is 0 Å². The lowest BCUT2D eigenvalue weighted by molar-refractivity contribution is -0.659. The number of hydrogen-bond donors (Lipinski definition) is 0. The normalized spacial score (nSPS) is 12.7. The molecule has 0 N–H and O–H groups in total. The first-order valence-electron chi connectivity index (χ1n) is 9.42. The summed E-state index contributed by atoms with van der Waals surface area (Å²) >= 11 is 1.75. The number of benzene rings is 2. The van der Waals surface area contributed by atoms with Crippen LogP contribution in [0.5, 0.6) is 11.5 Å². The lowest BCUT2D eigenvalue weighted by Crippen LogP contribution is -2.32. The zero-order chi connectivity index (χ0) is 19.6. The van der Waals surface area contributed by atoms with E-state index in [1.54, 1.807) is 11.3 Å². The summed E-state index contributed by atoms with van der Waals surface area (Å²) in [6.07, 6.45) is 2.94. The zero-order valence-corrected chi connectivity index (χ0v) is 17.3. The highest BCUT2D eigenvalue weighted by molar-refractivity contribution is 7.19. The highest BCUT2D eigenvalue weighted by Gasteiger charge is 2.33. The first-order chi connectivity index (χ1) is 13.4. The van der Waals surface area contributed by atoms with Crippen LogP contribution < -0.4 is 9.30 Å². The summed E-state index contributed by atoms with van der Waals surface area (Å²) in [7, 11) is 2.09. The van der Waals surface area contributed by atoms with E-state index in [0.717, 1.165) is 28.3 Å². The third-order valence-electron chi connectivity index (χ3n) is 5.49. The summed E-state index contributed by atoms with van der Waals surface area (Å²) in [5.41, 5.74) is 3.26. The highest BCUT2D eigenvalue weighted by atomic mass is 32.1. The Bertz CT molecular complexity index is 1320. The van der Waals surface area contributed by atoms with Crippen molar-refractivity contribution in [3.05, 3.63) is 64.5 Å². The van der Waals surface area contributed by atoms with Gasteiger partial charge in [0.25, 0.3) is 5.69 Å². The fourth-order valence-corrected chi connectivity index (χ4v) is 5.49. The van der Waals surface area contributed by atoms with Crippen LogP contribution in [0.3, 0.4) is 0 Å². The van der Waals surface area contributed by atoms with Gasteiger partial charge in [-0.15, -0.1) is 11.3 Å². The van der Waals surface area contributed by atoms with Gasteiger partial charge in [-0.2, -0.15) is 4.57 Å². The summed E-state index contributed by atoms with van der Waals surface area (Å²) in [5, 5.41) is 3.57. The highest BCUT2D eigenvalue weighted by Crippen LogP contribution is 2.50. The van der Waals surface area contributed by atoms with E-state index in [-0.39, 0.29) is 0 Å². The van der Waals surface area contributed by atoms with Crippen molar-refractivity contribution in [2.45, 2.75) is 32.7 Å². The first-order valence-corrected chi connectivity index (χ1v) is 10.2. The van der Waals surface area contributed by atoms with E-state index < -0.39 is 5.54 Å². The predicted octanol–water partition coefficient (Wildman–Crippen LogP) is 6.20. The molecule has 0 spiro atoms. The van der Waals surface area contributed by atoms with Crippen LogP contribution in [0, 0.1) is 13.5 Å². The molecule has 0 fully saturated rings. The molecule has 3 heterocycles. The molecule has 0 saturated carbocycles. The summed E-state index contributed by atoms with van der Waals surface area (Å²) in [6, 6.07) is 12.8. The Morgan fingerprint density at radius 2 is 2.00 bits per heavy atom. The van der Waals surface area contributed by atoms with Crippen molar-refractivity contribution in [3.8, 4) is 22.8 Å². The third-order valence-corrected chi connectivity index (χ3v) is 6.64. The van der Waals surface area contributed by atoms with Crippen molar-refractivity contribution >= 4 is 32.2 Å². The lowest BCUT2D eigenvalue weighted by Gasteiger charge is -2.20. The molecule has 28 heavy (non-hydrogen) atoms. The molecule has 0 amide bonds. The molecule has 0 radical (unpaired) electrons. The predicted molar refractivity (Wildman–Crippen MR) is 115 cm³/mol. The minimum atomic E-state index is -0.390. The number of hydrogen-bond acceptors (Lipinski definition) is 2. The van der Waals surface area contributed by atoms with Gasteiger partial charge in [0.1, 0.15) is 12.8 Å². The van der Waals surface area contributed by atoms with Gasteiger partial charge in [-0.3, -0.25) is 0 Å². The van der Waals surface area contributed by atoms with E-state index in [1.807, 2.05) is 13.8 Å². The van der Waals surface area contributed by atoms with Gasteiger partial charge in [0, 0.05) is 24.1 Å². The Morgan fingerprint density at radius 3 is 2.79 bits per heavy atom. The Balaban J connectivity index is 1.81. The second-order valence-electron chi connectivity index (χ2n) is 8.23. The zero-order valence-electron chi connectivity index (χ0n) is 16.5. The number of rotatable bonds is 2. The quantitative estimate of drug-likeness (QED) is 0.261. The molecular formula is C24H21N2OS+. The van der Waals surface area contributed by atoms with Crippen LogP contribution in [0.15, 0.2) is 42.6 Å². The molecule has 1 aliphatic heterocycles. The molecule has 2 aromatic carbocycles. The van der Waals surface area contributed by atoms with Crippen LogP contribution in [0.2, 0.25) is 0 Å². The van der Waals surface area contributed by atoms with E-state index >= 15 is 0 Å². The van der Waals surface area contributed by atoms with Crippen LogP contribution in [-0.4, -0.2) is 5.54 Å². The average molecular weight is 386 g/mol. The van der Waals surface area contributed by atoms with Gasteiger partial charge in [0.15, 0.2) is 6.20 Å². The molecule has 1 aliphatic rings. The third kappa shape index (κ3) is 2.43. The van der Waals surface area contributed by atoms with E-state index in [4.69, 9.17) is 11.3 Å². The number of nitrogens with zero attached hydrogens (tertiary/aromatic N) is 2. The van der Waals surface area contributed by atoms with E-state index in [9.17, 15) is 0 Å². The van der Waals surface area contributed by atoms with Gasteiger partial charge in [0.05, 0.1) is 22.1 Å². The van der Waals surface area contributed by atoms with Gasteiger partial charge in [-0.1, -0.05) is 24.3 Å². The van der Waals surface area contributed by atoms with Crippen molar-refractivity contribution in [1.29, 1.82) is 0 Å². The van der Waals surface area contributed by atoms with Gasteiger partial charge < -0.3 is 9.58 Å². The summed E-state index contributed by atoms with van der Waals surface area (Å²) in [5.74, 6) is 1.86.